The van der Waals surface area contributed by atoms with Gasteiger partial charge in [0.25, 0.3) is 0 Å². The van der Waals surface area contributed by atoms with E-state index in [1.165, 1.54) is 17.3 Å². The first-order valence-electron chi connectivity index (χ1n) is 5.76. The number of benzene rings is 2. The Morgan fingerprint density at radius 3 is 2.00 bits per heavy atom. The second-order valence-electron chi connectivity index (χ2n) is 3.94. The number of rotatable bonds is 5. The maximum absolute atomic E-state index is 5.15. The lowest BCUT2D eigenvalue weighted by atomic mass is 10.2. The highest BCUT2D eigenvalue weighted by atomic mass is 31.1. The largest absolute Gasteiger partial charge is 0.497 e. The van der Waals surface area contributed by atoms with E-state index in [0.29, 0.717) is 0 Å². The third kappa shape index (κ3) is 3.87. The standard InChI is InChI=1S/C15H17OP/c1-16-15-9-7-14(8-10-15)12-17-11-13-5-3-2-4-6-13/h2-10,17H,11-12H2,1H3. The number of hydrogen-bond donors (Lipinski definition) is 0. The first kappa shape index (κ1) is 12.1. The Bertz CT molecular complexity index is 436. The molecule has 2 heteroatoms. The van der Waals surface area contributed by atoms with E-state index in [2.05, 4.69) is 42.5 Å². The van der Waals surface area contributed by atoms with Crippen LogP contribution in [0.15, 0.2) is 54.6 Å². The number of methoxy groups -OCH3 is 1. The summed E-state index contributed by atoms with van der Waals surface area (Å²) in [7, 11) is 2.64. The van der Waals surface area contributed by atoms with E-state index in [1.54, 1.807) is 7.11 Å². The number of ether oxygens (including phenoxy) is 1. The van der Waals surface area contributed by atoms with Gasteiger partial charge in [-0.2, -0.15) is 0 Å². The SMILES string of the molecule is COc1ccc(CPCc2ccccc2)cc1. The van der Waals surface area contributed by atoms with Crippen molar-refractivity contribution in [2.75, 3.05) is 7.11 Å². The van der Waals surface area contributed by atoms with Crippen molar-refractivity contribution in [3.8, 4) is 5.75 Å². The van der Waals surface area contributed by atoms with Gasteiger partial charge in [-0.15, -0.1) is 8.58 Å². The smallest absolute Gasteiger partial charge is 0.118 e. The van der Waals surface area contributed by atoms with Crippen LogP contribution in [0.1, 0.15) is 11.1 Å². The first-order chi connectivity index (χ1) is 8.38. The molecule has 0 saturated heterocycles. The molecule has 0 fully saturated rings. The molecule has 1 atom stereocenters. The van der Waals surface area contributed by atoms with Crippen LogP contribution >= 0.6 is 8.58 Å². The Labute approximate surface area is 105 Å². The molecule has 0 amide bonds. The summed E-state index contributed by atoms with van der Waals surface area (Å²) in [4.78, 5) is 0. The predicted octanol–water partition coefficient (Wildman–Crippen LogP) is 4.07. The fraction of sp³-hybridized carbons (Fsp3) is 0.200. The van der Waals surface area contributed by atoms with Crippen LogP contribution in [0.5, 0.6) is 5.75 Å². The molecule has 0 aliphatic carbocycles. The van der Waals surface area contributed by atoms with Crippen molar-refractivity contribution >= 4 is 8.58 Å². The molecule has 2 rings (SSSR count). The Morgan fingerprint density at radius 2 is 1.41 bits per heavy atom. The van der Waals surface area contributed by atoms with Crippen molar-refractivity contribution < 1.29 is 4.74 Å². The van der Waals surface area contributed by atoms with E-state index in [-0.39, 0.29) is 0 Å². The lowest BCUT2D eigenvalue weighted by Gasteiger charge is -2.04. The molecular weight excluding hydrogens is 227 g/mol. The Balaban J connectivity index is 1.82. The van der Waals surface area contributed by atoms with Crippen molar-refractivity contribution in [2.24, 2.45) is 0 Å². The molecule has 17 heavy (non-hydrogen) atoms. The minimum Gasteiger partial charge on any atom is -0.497 e. The van der Waals surface area contributed by atoms with Crippen LogP contribution in [-0.4, -0.2) is 7.11 Å². The second kappa shape index (κ2) is 6.42. The minimum absolute atomic E-state index is 0.931. The van der Waals surface area contributed by atoms with Gasteiger partial charge in [0, 0.05) is 0 Å². The van der Waals surface area contributed by atoms with Crippen LogP contribution in [-0.2, 0) is 12.3 Å². The van der Waals surface area contributed by atoms with E-state index in [4.69, 9.17) is 4.74 Å². The molecule has 1 unspecified atom stereocenters. The summed E-state index contributed by atoms with van der Waals surface area (Å²) >= 11 is 0. The quantitative estimate of drug-likeness (QED) is 0.720. The molecule has 0 bridgehead atoms. The molecule has 1 nitrogen and oxygen atoms in total. The molecule has 2 aromatic rings. The van der Waals surface area contributed by atoms with Crippen molar-refractivity contribution in [1.82, 2.24) is 0 Å². The van der Waals surface area contributed by atoms with Gasteiger partial charge in [-0.3, -0.25) is 0 Å². The molecule has 0 aliphatic rings. The lowest BCUT2D eigenvalue weighted by Crippen LogP contribution is -1.84. The zero-order valence-electron chi connectivity index (χ0n) is 10.0. The van der Waals surface area contributed by atoms with E-state index in [1.807, 2.05) is 12.1 Å². The monoisotopic (exact) mass is 244 g/mol. The summed E-state index contributed by atoms with van der Waals surface area (Å²) in [6.45, 7) is 0. The van der Waals surface area contributed by atoms with Crippen LogP contribution in [0.4, 0.5) is 0 Å². The minimum atomic E-state index is 0.931. The van der Waals surface area contributed by atoms with Gasteiger partial charge in [-0.1, -0.05) is 42.5 Å². The van der Waals surface area contributed by atoms with Gasteiger partial charge in [0.15, 0.2) is 0 Å². The van der Waals surface area contributed by atoms with Gasteiger partial charge in [-0.05, 0) is 35.6 Å². The zero-order valence-corrected chi connectivity index (χ0v) is 11.0. The highest BCUT2D eigenvalue weighted by molar-refractivity contribution is 7.36. The molecule has 0 spiro atoms. The highest BCUT2D eigenvalue weighted by Gasteiger charge is 1.96. The summed E-state index contributed by atoms with van der Waals surface area (Å²) in [5.41, 5.74) is 2.82. The summed E-state index contributed by atoms with van der Waals surface area (Å²) < 4.78 is 5.15. The van der Waals surface area contributed by atoms with Gasteiger partial charge in [0.1, 0.15) is 5.75 Å². The summed E-state index contributed by atoms with van der Waals surface area (Å²) in [5, 5.41) is 0. The maximum atomic E-state index is 5.15. The van der Waals surface area contributed by atoms with Crippen molar-refractivity contribution in [1.29, 1.82) is 0 Å². The van der Waals surface area contributed by atoms with Gasteiger partial charge in [0.2, 0.25) is 0 Å². The summed E-state index contributed by atoms with van der Waals surface area (Å²) in [6, 6.07) is 19.0. The normalized spacial score (nSPS) is 10.9. The molecule has 88 valence electrons. The van der Waals surface area contributed by atoms with E-state index >= 15 is 0 Å². The van der Waals surface area contributed by atoms with Gasteiger partial charge >= 0.3 is 0 Å². The van der Waals surface area contributed by atoms with Crippen molar-refractivity contribution in [3.63, 3.8) is 0 Å². The summed E-state index contributed by atoms with van der Waals surface area (Å²) in [6.07, 6.45) is 2.33. The Hall–Kier alpha value is -1.33. The fourth-order valence-electron chi connectivity index (χ4n) is 1.69. The third-order valence-electron chi connectivity index (χ3n) is 2.66. The first-order valence-corrected chi connectivity index (χ1v) is 7.17. The zero-order chi connectivity index (χ0) is 11.9. The highest BCUT2D eigenvalue weighted by Crippen LogP contribution is 2.24. The van der Waals surface area contributed by atoms with Gasteiger partial charge < -0.3 is 4.74 Å². The molecular formula is C15H17OP. The van der Waals surface area contributed by atoms with Crippen LogP contribution in [0.25, 0.3) is 0 Å². The van der Waals surface area contributed by atoms with Crippen LogP contribution in [0.2, 0.25) is 0 Å². The van der Waals surface area contributed by atoms with Crippen molar-refractivity contribution in [3.05, 3.63) is 65.7 Å². The molecule has 0 aliphatic heterocycles. The second-order valence-corrected chi connectivity index (χ2v) is 5.14. The molecule has 0 saturated carbocycles. The molecule has 0 radical (unpaired) electrons. The molecule has 0 N–H and O–H groups in total. The Kier molecular flexibility index (Phi) is 4.58. The average molecular weight is 244 g/mol. The lowest BCUT2D eigenvalue weighted by molar-refractivity contribution is 0.414. The average Bonchev–Trinajstić information content (AvgIpc) is 2.41. The van der Waals surface area contributed by atoms with E-state index in [9.17, 15) is 0 Å². The van der Waals surface area contributed by atoms with Gasteiger partial charge in [-0.25, -0.2) is 0 Å². The van der Waals surface area contributed by atoms with E-state index < -0.39 is 0 Å². The number of hydrogen-bond acceptors (Lipinski definition) is 1. The van der Waals surface area contributed by atoms with E-state index in [0.717, 1.165) is 20.5 Å². The summed E-state index contributed by atoms with van der Waals surface area (Å²) in [5.74, 6) is 0.931. The van der Waals surface area contributed by atoms with Gasteiger partial charge in [0.05, 0.1) is 7.11 Å². The topological polar surface area (TPSA) is 9.23 Å². The van der Waals surface area contributed by atoms with Crippen LogP contribution in [0.3, 0.4) is 0 Å². The molecule has 0 aromatic heterocycles. The molecule has 2 aromatic carbocycles. The van der Waals surface area contributed by atoms with Crippen LogP contribution in [0, 0.1) is 0 Å². The fourth-order valence-corrected chi connectivity index (χ4v) is 2.86. The third-order valence-corrected chi connectivity index (χ3v) is 3.98. The maximum Gasteiger partial charge on any atom is 0.118 e. The van der Waals surface area contributed by atoms with Crippen molar-refractivity contribution in [2.45, 2.75) is 12.3 Å². The molecule has 0 heterocycles. The predicted molar refractivity (Wildman–Crippen MR) is 75.2 cm³/mol. The van der Waals surface area contributed by atoms with Crippen LogP contribution < -0.4 is 4.74 Å². The Morgan fingerprint density at radius 1 is 0.824 bits per heavy atom.